The molecule has 1 unspecified atom stereocenters. The maximum Gasteiger partial charge on any atom is 0.242 e. The maximum atomic E-state index is 13.8. The minimum atomic E-state index is -0.863. The molecule has 1 aliphatic rings. The first kappa shape index (κ1) is 21.0. The second-order valence-corrected chi connectivity index (χ2v) is 7.82. The number of carbonyl (C=O) groups is 2. The molecule has 1 atom stereocenters. The zero-order valence-corrected chi connectivity index (χ0v) is 16.9. The van der Waals surface area contributed by atoms with Crippen LogP contribution in [0.15, 0.2) is 47.5 Å². The van der Waals surface area contributed by atoms with Crippen molar-refractivity contribution in [2.45, 2.75) is 31.9 Å². The summed E-state index contributed by atoms with van der Waals surface area (Å²) in [5, 5.41) is 2.31. The molecule has 1 fully saturated rings. The Balaban J connectivity index is 1.75. The second-order valence-electron chi connectivity index (χ2n) is 6.65. The lowest BCUT2D eigenvalue weighted by Crippen LogP contribution is -2.34. The smallest absolute Gasteiger partial charge is 0.242 e. The number of anilines is 1. The van der Waals surface area contributed by atoms with Gasteiger partial charge in [-0.1, -0.05) is 36.9 Å². The highest BCUT2D eigenvalue weighted by molar-refractivity contribution is 8.15. The highest BCUT2D eigenvalue weighted by atomic mass is 32.2. The molecule has 1 heterocycles. The van der Waals surface area contributed by atoms with Crippen molar-refractivity contribution in [3.8, 4) is 0 Å². The number of hydrogen-bond acceptors (Lipinski definition) is 4. The highest BCUT2D eigenvalue weighted by Gasteiger charge is 2.38. The number of aryl methyl sites for hydroxylation is 1. The number of carbonyl (C=O) groups excluding carboxylic acids is 2. The highest BCUT2D eigenvalue weighted by Crippen LogP contribution is 2.32. The summed E-state index contributed by atoms with van der Waals surface area (Å²) in [7, 11) is 0. The molecule has 2 amide bonds. The number of amides is 2. The first-order chi connectivity index (χ1) is 13.9. The average Bonchev–Trinajstić information content (AvgIpc) is 2.95. The van der Waals surface area contributed by atoms with E-state index in [2.05, 4.69) is 10.3 Å². The molecule has 152 valence electrons. The normalized spacial score (nSPS) is 17.8. The van der Waals surface area contributed by atoms with Crippen molar-refractivity contribution >= 4 is 40.1 Å². The van der Waals surface area contributed by atoms with Crippen LogP contribution in [0.2, 0.25) is 0 Å². The molecule has 1 saturated heterocycles. The van der Waals surface area contributed by atoms with Gasteiger partial charge in [0.05, 0.1) is 11.4 Å². The number of aliphatic imine (C=N–C) groups is 1. The van der Waals surface area contributed by atoms with Gasteiger partial charge in [0.2, 0.25) is 11.8 Å². The molecule has 2 aromatic rings. The van der Waals surface area contributed by atoms with Crippen molar-refractivity contribution in [1.29, 1.82) is 0 Å². The van der Waals surface area contributed by atoms with Crippen molar-refractivity contribution in [2.75, 3.05) is 11.9 Å². The maximum absolute atomic E-state index is 13.8. The summed E-state index contributed by atoms with van der Waals surface area (Å²) < 4.78 is 26.8. The molecule has 0 spiro atoms. The Morgan fingerprint density at radius 1 is 1.24 bits per heavy atom. The third kappa shape index (κ3) is 5.00. The standard InChI is InChI=1S/C21H21F2N3O2S/c1-3-10-26-20(28)18(29-21(26)25-16-7-5-4-6-13(16)2)12-19(27)24-17-9-8-14(22)11-15(17)23/h4-9,11,18H,3,10,12H2,1-2H3,(H,24,27). The first-order valence-electron chi connectivity index (χ1n) is 9.26. The van der Waals surface area contributed by atoms with Crippen molar-refractivity contribution in [3.05, 3.63) is 59.7 Å². The van der Waals surface area contributed by atoms with E-state index in [1.54, 1.807) is 4.90 Å². The van der Waals surface area contributed by atoms with Gasteiger partial charge in [0.1, 0.15) is 16.9 Å². The van der Waals surface area contributed by atoms with Gasteiger partial charge in [0, 0.05) is 19.0 Å². The lowest BCUT2D eigenvalue weighted by molar-refractivity contribution is -0.128. The van der Waals surface area contributed by atoms with Crippen LogP contribution in [0.25, 0.3) is 0 Å². The molecule has 2 aromatic carbocycles. The van der Waals surface area contributed by atoms with Gasteiger partial charge in [-0.15, -0.1) is 0 Å². The fraction of sp³-hybridized carbons (Fsp3) is 0.286. The van der Waals surface area contributed by atoms with E-state index in [-0.39, 0.29) is 18.0 Å². The predicted octanol–water partition coefficient (Wildman–Crippen LogP) is 4.64. The van der Waals surface area contributed by atoms with Crippen LogP contribution < -0.4 is 5.32 Å². The third-order valence-electron chi connectivity index (χ3n) is 4.37. The van der Waals surface area contributed by atoms with Crippen molar-refractivity contribution in [2.24, 2.45) is 4.99 Å². The van der Waals surface area contributed by atoms with Crippen LogP contribution in [0, 0.1) is 18.6 Å². The van der Waals surface area contributed by atoms with Crippen LogP contribution in [0.4, 0.5) is 20.2 Å². The molecule has 0 aliphatic carbocycles. The fourth-order valence-electron chi connectivity index (χ4n) is 2.91. The molecule has 3 rings (SSSR count). The molecule has 8 heteroatoms. The molecule has 0 bridgehead atoms. The molecule has 0 saturated carbocycles. The van der Waals surface area contributed by atoms with E-state index >= 15 is 0 Å². The average molecular weight is 417 g/mol. The summed E-state index contributed by atoms with van der Waals surface area (Å²) in [4.78, 5) is 31.4. The zero-order chi connectivity index (χ0) is 21.0. The summed E-state index contributed by atoms with van der Waals surface area (Å²) in [6, 6.07) is 10.5. The summed E-state index contributed by atoms with van der Waals surface area (Å²) in [6.07, 6.45) is 0.617. The van der Waals surface area contributed by atoms with Crippen LogP contribution >= 0.6 is 11.8 Å². The molecule has 0 aromatic heterocycles. The Hall–Kier alpha value is -2.74. The minimum Gasteiger partial charge on any atom is -0.324 e. The molecule has 1 aliphatic heterocycles. The van der Waals surface area contributed by atoms with Crippen molar-refractivity contribution in [1.82, 2.24) is 4.90 Å². The first-order valence-corrected chi connectivity index (χ1v) is 10.1. The van der Waals surface area contributed by atoms with E-state index in [0.717, 1.165) is 29.8 Å². The topological polar surface area (TPSA) is 61.8 Å². The number of thioether (sulfide) groups is 1. The third-order valence-corrected chi connectivity index (χ3v) is 5.55. The fourth-order valence-corrected chi connectivity index (χ4v) is 4.08. The molecular formula is C21H21F2N3O2S. The number of nitrogens with one attached hydrogen (secondary N) is 1. The Morgan fingerprint density at radius 3 is 2.69 bits per heavy atom. The number of rotatable bonds is 6. The number of amidine groups is 1. The second kappa shape index (κ2) is 9.17. The minimum absolute atomic E-state index is 0.119. The molecular weight excluding hydrogens is 396 g/mol. The van der Waals surface area contributed by atoms with E-state index in [4.69, 9.17) is 0 Å². The summed E-state index contributed by atoms with van der Waals surface area (Å²) in [5.74, 6) is -2.30. The molecule has 0 radical (unpaired) electrons. The van der Waals surface area contributed by atoms with Gasteiger partial charge in [0.15, 0.2) is 5.17 Å². The number of para-hydroxylation sites is 1. The van der Waals surface area contributed by atoms with Gasteiger partial charge in [0.25, 0.3) is 0 Å². The van der Waals surface area contributed by atoms with Crippen LogP contribution in [-0.2, 0) is 9.59 Å². The Bertz CT molecular complexity index is 965. The van der Waals surface area contributed by atoms with Crippen LogP contribution in [0.3, 0.4) is 0 Å². The Kier molecular flexibility index (Phi) is 6.64. The number of halogens is 2. The van der Waals surface area contributed by atoms with Crippen molar-refractivity contribution < 1.29 is 18.4 Å². The predicted molar refractivity (Wildman–Crippen MR) is 111 cm³/mol. The van der Waals surface area contributed by atoms with Crippen LogP contribution in [-0.4, -0.2) is 33.7 Å². The summed E-state index contributed by atoms with van der Waals surface area (Å²) in [6.45, 7) is 4.40. The van der Waals surface area contributed by atoms with E-state index in [0.29, 0.717) is 17.8 Å². The van der Waals surface area contributed by atoms with Crippen LogP contribution in [0.1, 0.15) is 25.3 Å². The molecule has 29 heavy (non-hydrogen) atoms. The quantitative estimate of drug-likeness (QED) is 0.745. The molecule has 1 N–H and O–H groups in total. The largest absolute Gasteiger partial charge is 0.324 e. The monoisotopic (exact) mass is 417 g/mol. The Labute approximate surface area is 172 Å². The van der Waals surface area contributed by atoms with Gasteiger partial charge in [-0.3, -0.25) is 14.5 Å². The lowest BCUT2D eigenvalue weighted by Gasteiger charge is -2.15. The van der Waals surface area contributed by atoms with Crippen molar-refractivity contribution in [3.63, 3.8) is 0 Å². The van der Waals surface area contributed by atoms with Gasteiger partial charge < -0.3 is 5.32 Å². The van der Waals surface area contributed by atoms with E-state index in [1.807, 2.05) is 38.1 Å². The van der Waals surface area contributed by atoms with E-state index in [1.165, 1.54) is 11.8 Å². The Morgan fingerprint density at radius 2 is 2.00 bits per heavy atom. The number of hydrogen-bond donors (Lipinski definition) is 1. The van der Waals surface area contributed by atoms with Gasteiger partial charge >= 0.3 is 0 Å². The zero-order valence-electron chi connectivity index (χ0n) is 16.1. The lowest BCUT2D eigenvalue weighted by atomic mass is 10.2. The number of nitrogens with zero attached hydrogens (tertiary/aromatic N) is 2. The van der Waals surface area contributed by atoms with E-state index in [9.17, 15) is 18.4 Å². The van der Waals surface area contributed by atoms with Gasteiger partial charge in [-0.05, 0) is 37.1 Å². The van der Waals surface area contributed by atoms with Crippen LogP contribution in [0.5, 0.6) is 0 Å². The number of benzene rings is 2. The molecule has 5 nitrogen and oxygen atoms in total. The summed E-state index contributed by atoms with van der Waals surface area (Å²) in [5.41, 5.74) is 1.63. The SMILES string of the molecule is CCCN1C(=O)C(CC(=O)Nc2ccc(F)cc2F)SC1=Nc1ccccc1C. The van der Waals surface area contributed by atoms with Gasteiger partial charge in [-0.2, -0.15) is 0 Å². The van der Waals surface area contributed by atoms with E-state index < -0.39 is 22.8 Å². The van der Waals surface area contributed by atoms with Gasteiger partial charge in [-0.25, -0.2) is 13.8 Å². The summed E-state index contributed by atoms with van der Waals surface area (Å²) >= 11 is 1.23.